The summed E-state index contributed by atoms with van der Waals surface area (Å²) in [5.41, 5.74) is 3.61. The van der Waals surface area contributed by atoms with Crippen LogP contribution in [-0.4, -0.2) is 45.6 Å². The second kappa shape index (κ2) is 8.89. The quantitative estimate of drug-likeness (QED) is 0.585. The van der Waals surface area contributed by atoms with Gasteiger partial charge in [0.25, 0.3) is 0 Å². The summed E-state index contributed by atoms with van der Waals surface area (Å²) in [6.45, 7) is 10.5. The number of hydrogen-bond acceptors (Lipinski definition) is 5. The van der Waals surface area contributed by atoms with Crippen molar-refractivity contribution in [3.8, 4) is 11.4 Å². The summed E-state index contributed by atoms with van der Waals surface area (Å²) >= 11 is 0. The molecule has 3 aromatic rings. The highest BCUT2D eigenvalue weighted by Gasteiger charge is 2.30. The summed E-state index contributed by atoms with van der Waals surface area (Å²) in [7, 11) is 0. The van der Waals surface area contributed by atoms with E-state index >= 15 is 0 Å². The molecule has 0 bridgehead atoms. The summed E-state index contributed by atoms with van der Waals surface area (Å²) in [5.74, 6) is 1.36. The highest BCUT2D eigenvalue weighted by Crippen LogP contribution is 2.27. The van der Waals surface area contributed by atoms with E-state index in [0.717, 1.165) is 25.2 Å². The van der Waals surface area contributed by atoms with Gasteiger partial charge >= 0.3 is 0 Å². The van der Waals surface area contributed by atoms with Crippen molar-refractivity contribution in [2.45, 2.75) is 45.8 Å². The zero-order valence-corrected chi connectivity index (χ0v) is 17.6. The lowest BCUT2D eigenvalue weighted by Gasteiger charge is -2.28. The molecule has 0 N–H and O–H groups in total. The van der Waals surface area contributed by atoms with E-state index in [0.29, 0.717) is 30.3 Å². The number of rotatable bonds is 7. The van der Waals surface area contributed by atoms with E-state index in [4.69, 9.17) is 4.52 Å². The molecule has 29 heavy (non-hydrogen) atoms. The average Bonchev–Trinajstić information content (AvgIpc) is 3.43. The first-order valence-corrected chi connectivity index (χ1v) is 10.6. The van der Waals surface area contributed by atoms with Gasteiger partial charge in [0.2, 0.25) is 11.7 Å². The molecule has 1 aliphatic heterocycles. The van der Waals surface area contributed by atoms with Crippen molar-refractivity contribution in [2.75, 3.05) is 19.6 Å². The van der Waals surface area contributed by atoms with Gasteiger partial charge in [-0.15, -0.1) is 0 Å². The van der Waals surface area contributed by atoms with Gasteiger partial charge in [-0.1, -0.05) is 72.2 Å². The summed E-state index contributed by atoms with van der Waals surface area (Å²) in [4.78, 5) is 9.68. The standard InChI is InChI=1S/C24H30N4O/c1-4-27(17-23-25-24(26-29-23)21-12-10-18(2)11-13-21)22-14-15-28(16-22)19(3)20-8-6-5-7-9-20/h5-13,19,22H,4,14-17H2,1-3H3. The number of hydrogen-bond donors (Lipinski definition) is 0. The lowest BCUT2D eigenvalue weighted by Crippen LogP contribution is -2.37. The van der Waals surface area contributed by atoms with Crippen LogP contribution in [0.5, 0.6) is 0 Å². The molecule has 5 heteroatoms. The lowest BCUT2D eigenvalue weighted by atomic mass is 10.1. The fourth-order valence-electron chi connectivity index (χ4n) is 4.17. The minimum atomic E-state index is 0.441. The Balaban J connectivity index is 1.39. The number of benzene rings is 2. The van der Waals surface area contributed by atoms with E-state index in [9.17, 15) is 0 Å². The highest BCUT2D eigenvalue weighted by molar-refractivity contribution is 5.54. The number of likely N-dealkylation sites (N-methyl/N-ethyl adjacent to an activating group) is 1. The molecule has 0 saturated carbocycles. The molecular weight excluding hydrogens is 360 g/mol. The van der Waals surface area contributed by atoms with Crippen LogP contribution in [0.4, 0.5) is 0 Å². The third-order valence-electron chi connectivity index (χ3n) is 6.06. The molecule has 0 spiro atoms. The van der Waals surface area contributed by atoms with Crippen molar-refractivity contribution < 1.29 is 4.52 Å². The molecule has 2 aromatic carbocycles. The van der Waals surface area contributed by atoms with Gasteiger partial charge in [0.1, 0.15) is 0 Å². The molecule has 5 nitrogen and oxygen atoms in total. The van der Waals surface area contributed by atoms with Gasteiger partial charge in [-0.25, -0.2) is 0 Å². The minimum Gasteiger partial charge on any atom is -0.338 e. The van der Waals surface area contributed by atoms with Crippen molar-refractivity contribution in [3.63, 3.8) is 0 Å². The van der Waals surface area contributed by atoms with Crippen LogP contribution >= 0.6 is 0 Å². The normalized spacial score (nSPS) is 18.4. The minimum absolute atomic E-state index is 0.441. The van der Waals surface area contributed by atoms with Crippen molar-refractivity contribution in [1.82, 2.24) is 19.9 Å². The Kier molecular flexibility index (Phi) is 6.07. The first-order valence-electron chi connectivity index (χ1n) is 10.6. The molecular formula is C24H30N4O. The Morgan fingerprint density at radius 1 is 1.14 bits per heavy atom. The van der Waals surface area contributed by atoms with E-state index in [2.05, 4.69) is 83.2 Å². The van der Waals surface area contributed by atoms with Crippen molar-refractivity contribution >= 4 is 0 Å². The molecule has 0 amide bonds. The van der Waals surface area contributed by atoms with Crippen LogP contribution in [0.1, 0.15) is 43.3 Å². The van der Waals surface area contributed by atoms with Crippen molar-refractivity contribution in [3.05, 3.63) is 71.6 Å². The molecule has 2 unspecified atom stereocenters. The highest BCUT2D eigenvalue weighted by atomic mass is 16.5. The van der Waals surface area contributed by atoms with Crippen LogP contribution in [0.25, 0.3) is 11.4 Å². The maximum atomic E-state index is 5.57. The zero-order valence-electron chi connectivity index (χ0n) is 17.6. The van der Waals surface area contributed by atoms with Crippen LogP contribution in [0.2, 0.25) is 0 Å². The van der Waals surface area contributed by atoms with Crippen LogP contribution in [0.3, 0.4) is 0 Å². The first-order chi connectivity index (χ1) is 14.1. The molecule has 1 saturated heterocycles. The number of aromatic nitrogens is 2. The summed E-state index contributed by atoms with van der Waals surface area (Å²) in [5, 5.41) is 4.19. The third kappa shape index (κ3) is 4.57. The predicted octanol–water partition coefficient (Wildman–Crippen LogP) is 4.70. The molecule has 2 atom stereocenters. The molecule has 1 aromatic heterocycles. The molecule has 152 valence electrons. The van der Waals surface area contributed by atoms with E-state index in [1.807, 2.05) is 12.1 Å². The maximum Gasteiger partial charge on any atom is 0.241 e. The van der Waals surface area contributed by atoms with Crippen LogP contribution in [0, 0.1) is 6.92 Å². The van der Waals surface area contributed by atoms with E-state index in [1.165, 1.54) is 17.5 Å². The Morgan fingerprint density at radius 3 is 2.62 bits per heavy atom. The molecule has 1 aliphatic rings. The molecule has 2 heterocycles. The first kappa shape index (κ1) is 19.8. The van der Waals surface area contributed by atoms with Gasteiger partial charge in [-0.05, 0) is 32.4 Å². The second-order valence-corrected chi connectivity index (χ2v) is 7.96. The van der Waals surface area contributed by atoms with E-state index in [1.54, 1.807) is 0 Å². The second-order valence-electron chi connectivity index (χ2n) is 7.96. The average molecular weight is 391 g/mol. The summed E-state index contributed by atoms with van der Waals surface area (Å²) < 4.78 is 5.57. The Morgan fingerprint density at radius 2 is 1.90 bits per heavy atom. The Hall–Kier alpha value is -2.50. The van der Waals surface area contributed by atoms with Crippen molar-refractivity contribution in [2.24, 2.45) is 0 Å². The number of aryl methyl sites for hydroxylation is 1. The molecule has 0 radical (unpaired) electrons. The Labute approximate surface area is 173 Å². The van der Waals surface area contributed by atoms with Gasteiger partial charge < -0.3 is 4.52 Å². The Bertz CT molecular complexity index is 906. The van der Waals surface area contributed by atoms with Crippen LogP contribution in [0.15, 0.2) is 59.1 Å². The maximum absolute atomic E-state index is 5.57. The number of likely N-dealkylation sites (tertiary alicyclic amines) is 1. The van der Waals surface area contributed by atoms with Gasteiger partial charge in [0.15, 0.2) is 0 Å². The fourth-order valence-corrected chi connectivity index (χ4v) is 4.17. The van der Waals surface area contributed by atoms with Crippen LogP contribution in [-0.2, 0) is 6.54 Å². The fraction of sp³-hybridized carbons (Fsp3) is 0.417. The van der Waals surface area contributed by atoms with Gasteiger partial charge in [-0.2, -0.15) is 4.98 Å². The third-order valence-corrected chi connectivity index (χ3v) is 6.06. The molecule has 0 aliphatic carbocycles. The van der Waals surface area contributed by atoms with Gasteiger partial charge in [-0.3, -0.25) is 9.80 Å². The zero-order chi connectivity index (χ0) is 20.2. The van der Waals surface area contributed by atoms with Gasteiger partial charge in [0, 0.05) is 30.7 Å². The van der Waals surface area contributed by atoms with E-state index in [-0.39, 0.29) is 0 Å². The van der Waals surface area contributed by atoms with Gasteiger partial charge in [0.05, 0.1) is 6.54 Å². The molecule has 1 fully saturated rings. The van der Waals surface area contributed by atoms with E-state index < -0.39 is 0 Å². The monoisotopic (exact) mass is 390 g/mol. The van der Waals surface area contributed by atoms with Crippen molar-refractivity contribution in [1.29, 1.82) is 0 Å². The lowest BCUT2D eigenvalue weighted by molar-refractivity contribution is 0.162. The van der Waals surface area contributed by atoms with Crippen LogP contribution < -0.4 is 0 Å². The SMILES string of the molecule is CCN(Cc1nc(-c2ccc(C)cc2)no1)C1CCN(C(C)c2ccccc2)C1. The topological polar surface area (TPSA) is 45.4 Å². The summed E-state index contributed by atoms with van der Waals surface area (Å²) in [6, 6.07) is 20.0. The predicted molar refractivity (Wildman–Crippen MR) is 115 cm³/mol. The summed E-state index contributed by atoms with van der Waals surface area (Å²) in [6.07, 6.45) is 1.17. The molecule has 4 rings (SSSR count). The largest absolute Gasteiger partial charge is 0.338 e. The smallest absolute Gasteiger partial charge is 0.241 e. The number of nitrogens with zero attached hydrogens (tertiary/aromatic N) is 4.